The van der Waals surface area contributed by atoms with E-state index in [9.17, 15) is 18.0 Å². The van der Waals surface area contributed by atoms with Gasteiger partial charge in [0.1, 0.15) is 11.9 Å². The van der Waals surface area contributed by atoms with Crippen LogP contribution in [0.25, 0.3) is 0 Å². The first-order valence-electron chi connectivity index (χ1n) is 8.44. The van der Waals surface area contributed by atoms with Crippen molar-refractivity contribution in [3.8, 4) is 0 Å². The molecule has 9 heteroatoms. The number of likely N-dealkylation sites (N-methyl/N-ethyl adjacent to an activating group) is 1. The van der Waals surface area contributed by atoms with Gasteiger partial charge in [-0.05, 0) is 32.9 Å². The summed E-state index contributed by atoms with van der Waals surface area (Å²) >= 11 is 0. The van der Waals surface area contributed by atoms with E-state index in [0.29, 0.717) is 18.7 Å². The zero-order valence-corrected chi connectivity index (χ0v) is 16.4. The molecule has 2 rings (SSSR count). The average molecular weight is 393 g/mol. The smallest absolute Gasteiger partial charge is 0.331 e. The average Bonchev–Trinajstić information content (AvgIpc) is 2.87. The normalized spacial score (nSPS) is 16.9. The van der Waals surface area contributed by atoms with Gasteiger partial charge >= 0.3 is 5.97 Å². The van der Waals surface area contributed by atoms with E-state index in [4.69, 9.17) is 4.74 Å². The standard InChI is InChI=1S/C18H23N3O5S/c1-5-21(10-12(2)3)16(22)11-26-18(23)13(4)19-17-14-8-6-7-9-15(14)27(24,25)20-17/h6-9,13H,2,5,10-11H2,1,3-4H3,(H,19,20)/t13-/m0/s1. The van der Waals surface area contributed by atoms with E-state index in [-0.39, 0.29) is 16.6 Å². The minimum atomic E-state index is -3.68. The number of aliphatic imine (C=N–C) groups is 1. The van der Waals surface area contributed by atoms with Crippen molar-refractivity contribution >= 4 is 27.7 Å². The molecule has 1 N–H and O–H groups in total. The number of ether oxygens (including phenoxy) is 1. The molecule has 0 saturated carbocycles. The van der Waals surface area contributed by atoms with Gasteiger partial charge in [-0.15, -0.1) is 0 Å². The topological polar surface area (TPSA) is 105 Å². The van der Waals surface area contributed by atoms with Crippen molar-refractivity contribution in [3.05, 3.63) is 42.0 Å². The summed E-state index contributed by atoms with van der Waals surface area (Å²) in [7, 11) is -3.68. The maximum atomic E-state index is 12.1. The molecular formula is C18H23N3O5S. The van der Waals surface area contributed by atoms with E-state index in [1.54, 1.807) is 25.1 Å². The molecule has 1 heterocycles. The third-order valence-corrected chi connectivity index (χ3v) is 5.26. The maximum Gasteiger partial charge on any atom is 0.331 e. The van der Waals surface area contributed by atoms with Crippen molar-refractivity contribution in [2.24, 2.45) is 4.99 Å². The Bertz CT molecular complexity index is 892. The van der Waals surface area contributed by atoms with Gasteiger partial charge in [-0.25, -0.2) is 13.2 Å². The molecule has 27 heavy (non-hydrogen) atoms. The molecule has 1 aliphatic rings. The lowest BCUT2D eigenvalue weighted by Gasteiger charge is -2.21. The molecule has 0 spiro atoms. The van der Waals surface area contributed by atoms with Gasteiger partial charge in [-0.3, -0.25) is 14.5 Å². The largest absolute Gasteiger partial charge is 0.454 e. The first-order chi connectivity index (χ1) is 12.7. The Morgan fingerprint density at radius 2 is 2.00 bits per heavy atom. The second kappa shape index (κ2) is 8.34. The SMILES string of the molecule is C=C(C)CN(CC)C(=O)COC(=O)[C@H](C)N=C1NS(=O)(=O)c2ccccc21. The number of sulfonamides is 1. The Balaban J connectivity index is 2.03. The highest BCUT2D eigenvalue weighted by atomic mass is 32.2. The Morgan fingerprint density at radius 3 is 2.63 bits per heavy atom. The molecule has 1 aliphatic heterocycles. The second-order valence-electron chi connectivity index (χ2n) is 6.23. The van der Waals surface area contributed by atoms with Crippen molar-refractivity contribution in [2.45, 2.75) is 31.7 Å². The number of nitrogens with zero attached hydrogens (tertiary/aromatic N) is 2. The highest BCUT2D eigenvalue weighted by molar-refractivity contribution is 7.90. The summed E-state index contributed by atoms with van der Waals surface area (Å²) in [5.41, 5.74) is 1.22. The number of benzene rings is 1. The number of rotatable bonds is 7. The van der Waals surface area contributed by atoms with Crippen LogP contribution in [-0.4, -0.2) is 56.8 Å². The number of amides is 1. The fraction of sp³-hybridized carbons (Fsp3) is 0.389. The lowest BCUT2D eigenvalue weighted by Crippen LogP contribution is -2.36. The maximum absolute atomic E-state index is 12.1. The van der Waals surface area contributed by atoms with Crippen LogP contribution >= 0.6 is 0 Å². The molecule has 0 unspecified atom stereocenters. The Hall–Kier alpha value is -2.68. The van der Waals surface area contributed by atoms with Gasteiger partial charge in [-0.1, -0.05) is 24.3 Å². The van der Waals surface area contributed by atoms with Gasteiger partial charge in [0.25, 0.3) is 15.9 Å². The first kappa shape index (κ1) is 20.6. The number of hydrogen-bond donors (Lipinski definition) is 1. The Morgan fingerprint density at radius 1 is 1.33 bits per heavy atom. The molecule has 8 nitrogen and oxygen atoms in total. The fourth-order valence-electron chi connectivity index (χ4n) is 2.52. The number of amidine groups is 1. The second-order valence-corrected chi connectivity index (χ2v) is 7.88. The summed E-state index contributed by atoms with van der Waals surface area (Å²) in [6, 6.07) is 5.37. The predicted octanol–water partition coefficient (Wildman–Crippen LogP) is 1.08. The van der Waals surface area contributed by atoms with Crippen molar-refractivity contribution in [1.29, 1.82) is 0 Å². The van der Waals surface area contributed by atoms with E-state index >= 15 is 0 Å². The van der Waals surface area contributed by atoms with Gasteiger partial charge in [0.2, 0.25) is 0 Å². The Kier molecular flexibility index (Phi) is 6.37. The first-order valence-corrected chi connectivity index (χ1v) is 9.92. The molecule has 0 aromatic heterocycles. The highest BCUT2D eigenvalue weighted by Crippen LogP contribution is 2.22. The number of nitrogens with one attached hydrogen (secondary N) is 1. The van der Waals surface area contributed by atoms with Crippen LogP contribution in [0.5, 0.6) is 0 Å². The van der Waals surface area contributed by atoms with E-state index in [2.05, 4.69) is 16.3 Å². The van der Waals surface area contributed by atoms with Gasteiger partial charge in [0, 0.05) is 18.7 Å². The predicted molar refractivity (Wildman–Crippen MR) is 101 cm³/mol. The number of hydrogen-bond acceptors (Lipinski definition) is 6. The molecule has 0 fully saturated rings. The summed E-state index contributed by atoms with van der Waals surface area (Å²) in [4.78, 5) is 30.0. The van der Waals surface area contributed by atoms with Crippen LogP contribution in [0, 0.1) is 0 Å². The summed E-state index contributed by atoms with van der Waals surface area (Å²) in [5.74, 6) is -0.967. The summed E-state index contributed by atoms with van der Waals surface area (Å²) in [6.07, 6.45) is 0. The van der Waals surface area contributed by atoms with E-state index < -0.39 is 28.6 Å². The van der Waals surface area contributed by atoms with Crippen LogP contribution in [0.3, 0.4) is 0 Å². The van der Waals surface area contributed by atoms with Crippen LogP contribution in [0.15, 0.2) is 46.3 Å². The minimum absolute atomic E-state index is 0.0823. The zero-order valence-electron chi connectivity index (χ0n) is 15.6. The van der Waals surface area contributed by atoms with Gasteiger partial charge < -0.3 is 9.64 Å². The van der Waals surface area contributed by atoms with Crippen molar-refractivity contribution in [2.75, 3.05) is 19.7 Å². The molecular weight excluding hydrogens is 370 g/mol. The quantitative estimate of drug-likeness (QED) is 0.551. The molecule has 1 aromatic rings. The lowest BCUT2D eigenvalue weighted by atomic mass is 10.2. The fourth-order valence-corrected chi connectivity index (χ4v) is 3.76. The molecule has 1 atom stereocenters. The third-order valence-electron chi connectivity index (χ3n) is 3.86. The van der Waals surface area contributed by atoms with Crippen molar-refractivity contribution in [3.63, 3.8) is 0 Å². The van der Waals surface area contributed by atoms with Crippen LogP contribution in [-0.2, 0) is 24.3 Å². The number of esters is 1. The monoisotopic (exact) mass is 393 g/mol. The lowest BCUT2D eigenvalue weighted by molar-refractivity contribution is -0.152. The molecule has 0 aliphatic carbocycles. The number of carbonyl (C=O) groups is 2. The zero-order chi connectivity index (χ0) is 20.2. The van der Waals surface area contributed by atoms with Gasteiger partial charge in [0.15, 0.2) is 6.61 Å². The van der Waals surface area contributed by atoms with Crippen LogP contribution in [0.4, 0.5) is 0 Å². The van der Waals surface area contributed by atoms with E-state index in [1.165, 1.54) is 17.9 Å². The molecule has 1 amide bonds. The number of carbonyl (C=O) groups excluding carboxylic acids is 2. The Labute approximate surface area is 159 Å². The minimum Gasteiger partial charge on any atom is -0.454 e. The third kappa shape index (κ3) is 4.94. The summed E-state index contributed by atoms with van der Waals surface area (Å²) in [5, 5.41) is 0. The highest BCUT2D eigenvalue weighted by Gasteiger charge is 2.31. The molecule has 0 radical (unpaired) electrons. The van der Waals surface area contributed by atoms with Crippen LogP contribution < -0.4 is 4.72 Å². The summed E-state index contributed by atoms with van der Waals surface area (Å²) < 4.78 is 31.5. The van der Waals surface area contributed by atoms with Gasteiger partial charge in [0.05, 0.1) is 4.90 Å². The van der Waals surface area contributed by atoms with Crippen LogP contribution in [0.1, 0.15) is 26.3 Å². The van der Waals surface area contributed by atoms with E-state index in [0.717, 1.165) is 5.57 Å². The number of fused-ring (bicyclic) bond motifs is 1. The molecule has 0 bridgehead atoms. The van der Waals surface area contributed by atoms with Gasteiger partial charge in [-0.2, -0.15) is 0 Å². The van der Waals surface area contributed by atoms with Crippen LogP contribution in [0.2, 0.25) is 0 Å². The van der Waals surface area contributed by atoms with Crippen molar-refractivity contribution in [1.82, 2.24) is 9.62 Å². The van der Waals surface area contributed by atoms with Crippen molar-refractivity contribution < 1.29 is 22.7 Å². The van der Waals surface area contributed by atoms with E-state index in [1.807, 2.05) is 6.92 Å². The molecule has 146 valence electrons. The summed E-state index contributed by atoms with van der Waals surface area (Å²) in [6.45, 7) is 9.32. The molecule has 0 saturated heterocycles. The molecule has 1 aromatic carbocycles.